The van der Waals surface area contributed by atoms with Crippen LogP contribution in [-0.2, 0) is 43.2 Å². The highest BCUT2D eigenvalue weighted by Gasteiger charge is 2.31. The molecule has 3 rings (SSSR count). The van der Waals surface area contributed by atoms with E-state index in [0.717, 1.165) is 0 Å². The molecule has 0 saturated heterocycles. The summed E-state index contributed by atoms with van der Waals surface area (Å²) in [5, 5.41) is 45.2. The molecule has 0 aliphatic heterocycles. The third kappa shape index (κ3) is 11.3. The van der Waals surface area contributed by atoms with Crippen LogP contribution in [0.1, 0.15) is 29.5 Å². The second-order valence-electron chi connectivity index (χ2n) is 10.5. The molecule has 4 atom stereocenters. The molecule has 0 aliphatic rings. The molecule has 238 valence electrons. The number of carbonyl (C=O) groups is 5. The summed E-state index contributed by atoms with van der Waals surface area (Å²) in [6, 6.07) is 15.6. The van der Waals surface area contributed by atoms with Crippen molar-refractivity contribution in [2.24, 2.45) is 5.73 Å². The number of phenols is 2. The second-order valence-corrected chi connectivity index (χ2v) is 10.5. The van der Waals surface area contributed by atoms with Crippen molar-refractivity contribution in [3.05, 3.63) is 95.6 Å². The van der Waals surface area contributed by atoms with Crippen molar-refractivity contribution in [1.82, 2.24) is 16.0 Å². The van der Waals surface area contributed by atoms with Gasteiger partial charge in [0.1, 0.15) is 29.6 Å². The third-order valence-electron chi connectivity index (χ3n) is 6.91. The lowest BCUT2D eigenvalue weighted by Crippen LogP contribution is -2.58. The van der Waals surface area contributed by atoms with Gasteiger partial charge in [0.25, 0.3) is 0 Å². The van der Waals surface area contributed by atoms with Crippen molar-refractivity contribution < 1.29 is 44.4 Å². The number of amides is 3. The highest BCUT2D eigenvalue weighted by atomic mass is 16.4. The van der Waals surface area contributed by atoms with Gasteiger partial charge in [0.2, 0.25) is 17.7 Å². The number of aliphatic carboxylic acids is 2. The van der Waals surface area contributed by atoms with Crippen LogP contribution in [0.3, 0.4) is 0 Å². The Kier molecular flexibility index (Phi) is 12.4. The van der Waals surface area contributed by atoms with Gasteiger partial charge in [0.05, 0.1) is 6.04 Å². The number of nitrogens with two attached hydrogens (primary N) is 1. The standard InChI is InChI=1S/C32H36N4O9/c33-24(16-20-6-10-22(37)11-7-20)29(41)35-26(17-19-4-2-1-3-5-19)31(43)36-27(18-21-8-12-23(38)13-9-21)30(42)34-25(32(44)45)14-15-28(39)40/h1-13,24-27,37-38H,14-18,33H2,(H,34,42)(H,35,41)(H,36,43)(H,39,40)(H,44,45). The van der Waals surface area contributed by atoms with Gasteiger partial charge in [-0.15, -0.1) is 0 Å². The predicted molar refractivity (Wildman–Crippen MR) is 162 cm³/mol. The Morgan fingerprint density at radius 1 is 0.578 bits per heavy atom. The van der Waals surface area contributed by atoms with Crippen LogP contribution in [0.25, 0.3) is 0 Å². The van der Waals surface area contributed by atoms with Crippen LogP contribution in [0.5, 0.6) is 11.5 Å². The number of rotatable bonds is 16. The predicted octanol–water partition coefficient (Wildman–Crippen LogP) is 0.857. The summed E-state index contributed by atoms with van der Waals surface area (Å²) in [5.74, 6) is -4.94. The fourth-order valence-corrected chi connectivity index (χ4v) is 4.46. The van der Waals surface area contributed by atoms with E-state index in [1.165, 1.54) is 36.4 Å². The fraction of sp³-hybridized carbons (Fsp3) is 0.281. The quantitative estimate of drug-likeness (QED) is 0.113. The molecule has 9 N–H and O–H groups in total. The molecule has 0 radical (unpaired) electrons. The molecule has 0 saturated carbocycles. The highest BCUT2D eigenvalue weighted by molar-refractivity contribution is 5.94. The Morgan fingerprint density at radius 3 is 1.47 bits per heavy atom. The molecular formula is C32H36N4O9. The summed E-state index contributed by atoms with van der Waals surface area (Å²) >= 11 is 0. The zero-order valence-corrected chi connectivity index (χ0v) is 24.3. The highest BCUT2D eigenvalue weighted by Crippen LogP contribution is 2.14. The first-order valence-electron chi connectivity index (χ1n) is 14.1. The number of aromatic hydroxyl groups is 2. The number of benzene rings is 3. The van der Waals surface area contributed by atoms with E-state index in [4.69, 9.17) is 10.8 Å². The monoisotopic (exact) mass is 620 g/mol. The zero-order valence-electron chi connectivity index (χ0n) is 24.3. The van der Waals surface area contributed by atoms with Crippen LogP contribution in [0.4, 0.5) is 0 Å². The van der Waals surface area contributed by atoms with E-state index in [9.17, 15) is 39.3 Å². The van der Waals surface area contributed by atoms with E-state index in [1.54, 1.807) is 42.5 Å². The van der Waals surface area contributed by atoms with E-state index in [0.29, 0.717) is 16.7 Å². The van der Waals surface area contributed by atoms with E-state index >= 15 is 0 Å². The number of carboxylic acid groups (broad SMARTS) is 2. The Bertz CT molecular complexity index is 1460. The summed E-state index contributed by atoms with van der Waals surface area (Å²) in [7, 11) is 0. The number of carboxylic acids is 2. The van der Waals surface area contributed by atoms with Gasteiger partial charge in [0.15, 0.2) is 0 Å². The maximum Gasteiger partial charge on any atom is 0.326 e. The molecule has 0 aromatic heterocycles. The molecule has 3 aromatic rings. The number of carbonyl (C=O) groups excluding carboxylic acids is 3. The van der Waals surface area contributed by atoms with Crippen LogP contribution >= 0.6 is 0 Å². The van der Waals surface area contributed by atoms with Gasteiger partial charge in [0, 0.05) is 19.3 Å². The molecule has 0 fully saturated rings. The van der Waals surface area contributed by atoms with Crippen molar-refractivity contribution >= 4 is 29.7 Å². The van der Waals surface area contributed by atoms with Crippen molar-refractivity contribution in [3.8, 4) is 11.5 Å². The molecule has 45 heavy (non-hydrogen) atoms. The third-order valence-corrected chi connectivity index (χ3v) is 6.91. The molecule has 4 unspecified atom stereocenters. The molecule has 13 heteroatoms. The first-order chi connectivity index (χ1) is 21.4. The summed E-state index contributed by atoms with van der Waals surface area (Å²) in [4.78, 5) is 62.9. The number of hydrogen-bond acceptors (Lipinski definition) is 8. The molecule has 13 nitrogen and oxygen atoms in total. The minimum Gasteiger partial charge on any atom is -0.508 e. The molecule has 0 aliphatic carbocycles. The summed E-state index contributed by atoms with van der Waals surface area (Å²) in [5.41, 5.74) is 8.04. The zero-order chi connectivity index (χ0) is 32.9. The first-order valence-corrected chi connectivity index (χ1v) is 14.1. The number of phenolic OH excluding ortho intramolecular Hbond substituents is 2. The van der Waals surface area contributed by atoms with Crippen LogP contribution in [-0.4, -0.2) is 74.3 Å². The van der Waals surface area contributed by atoms with E-state index < -0.39 is 60.2 Å². The minimum atomic E-state index is -1.54. The smallest absolute Gasteiger partial charge is 0.326 e. The van der Waals surface area contributed by atoms with Crippen LogP contribution in [0.2, 0.25) is 0 Å². The Hall–Kier alpha value is -5.43. The first kappa shape index (κ1) is 34.1. The van der Waals surface area contributed by atoms with Crippen LogP contribution in [0, 0.1) is 0 Å². The Labute approximate surface area is 259 Å². The molecular weight excluding hydrogens is 584 g/mol. The second kappa shape index (κ2) is 16.4. The molecule has 0 bridgehead atoms. The maximum atomic E-state index is 13.7. The summed E-state index contributed by atoms with van der Waals surface area (Å²) in [6.07, 6.45) is -0.863. The van der Waals surface area contributed by atoms with Crippen LogP contribution < -0.4 is 21.7 Å². The normalized spacial score (nSPS) is 13.4. The van der Waals surface area contributed by atoms with Crippen molar-refractivity contribution in [2.75, 3.05) is 0 Å². The maximum absolute atomic E-state index is 13.7. The molecule has 3 amide bonds. The lowest BCUT2D eigenvalue weighted by molar-refractivity contribution is -0.143. The van der Waals surface area contributed by atoms with Crippen LogP contribution in [0.15, 0.2) is 78.9 Å². The molecule has 3 aromatic carbocycles. The van der Waals surface area contributed by atoms with Gasteiger partial charge < -0.3 is 42.1 Å². The SMILES string of the molecule is NC(Cc1ccc(O)cc1)C(=O)NC(Cc1ccccc1)C(=O)NC(Cc1ccc(O)cc1)C(=O)NC(CCC(=O)O)C(=O)O. The fourth-order valence-electron chi connectivity index (χ4n) is 4.46. The van der Waals surface area contributed by atoms with Gasteiger partial charge >= 0.3 is 11.9 Å². The van der Waals surface area contributed by atoms with Gasteiger partial charge in [-0.2, -0.15) is 0 Å². The van der Waals surface area contributed by atoms with Crippen molar-refractivity contribution in [3.63, 3.8) is 0 Å². The van der Waals surface area contributed by atoms with E-state index in [2.05, 4.69) is 16.0 Å². The summed E-state index contributed by atoms with van der Waals surface area (Å²) < 4.78 is 0. The molecule has 0 spiro atoms. The van der Waals surface area contributed by atoms with Gasteiger partial charge in [-0.05, 0) is 53.8 Å². The minimum absolute atomic E-state index is 0.0299. The van der Waals surface area contributed by atoms with Gasteiger partial charge in [-0.1, -0.05) is 54.6 Å². The van der Waals surface area contributed by atoms with Gasteiger partial charge in [-0.3, -0.25) is 19.2 Å². The Morgan fingerprint density at radius 2 is 1.00 bits per heavy atom. The average Bonchev–Trinajstić information content (AvgIpc) is 3.00. The van der Waals surface area contributed by atoms with E-state index in [1.807, 2.05) is 0 Å². The summed E-state index contributed by atoms with van der Waals surface area (Å²) in [6.45, 7) is 0. The van der Waals surface area contributed by atoms with Gasteiger partial charge in [-0.25, -0.2) is 4.79 Å². The lowest BCUT2D eigenvalue weighted by Gasteiger charge is -2.25. The number of hydrogen-bond donors (Lipinski definition) is 8. The average molecular weight is 621 g/mol. The van der Waals surface area contributed by atoms with E-state index in [-0.39, 0.29) is 37.2 Å². The van der Waals surface area contributed by atoms with Crippen molar-refractivity contribution in [2.45, 2.75) is 56.3 Å². The number of nitrogens with one attached hydrogen (secondary N) is 3. The largest absolute Gasteiger partial charge is 0.508 e. The molecule has 0 heterocycles. The Balaban J connectivity index is 1.83. The topological polar surface area (TPSA) is 228 Å². The van der Waals surface area contributed by atoms with Crippen molar-refractivity contribution in [1.29, 1.82) is 0 Å². The lowest BCUT2D eigenvalue weighted by atomic mass is 10.0.